The summed E-state index contributed by atoms with van der Waals surface area (Å²) in [5.74, 6) is -0.750. The Balaban J connectivity index is 2.14. The van der Waals surface area contributed by atoms with Crippen molar-refractivity contribution in [3.05, 3.63) is 35.9 Å². The Morgan fingerprint density at radius 3 is 2.60 bits per heavy atom. The number of aryl methyl sites for hydroxylation is 1. The molecule has 1 atom stereocenters. The third-order valence-corrected chi connectivity index (χ3v) is 2.71. The normalized spacial score (nSPS) is 11.8. The van der Waals surface area contributed by atoms with E-state index < -0.39 is 11.9 Å². The summed E-state index contributed by atoms with van der Waals surface area (Å²) < 4.78 is 4.92. The Bertz CT molecular complexity index is 423. The lowest BCUT2D eigenvalue weighted by atomic mass is 10.1. The SMILES string of the molecule is NC(=O)COCCNC(=O)[C@@H](N)CCc1ccccc1. The van der Waals surface area contributed by atoms with Gasteiger partial charge < -0.3 is 21.5 Å². The molecule has 5 N–H and O–H groups in total. The monoisotopic (exact) mass is 279 g/mol. The first kappa shape index (κ1) is 16.1. The van der Waals surface area contributed by atoms with Crippen molar-refractivity contribution >= 4 is 11.8 Å². The quantitative estimate of drug-likeness (QED) is 0.533. The molecule has 2 amide bonds. The molecule has 0 saturated heterocycles. The molecule has 0 aromatic heterocycles. The highest BCUT2D eigenvalue weighted by atomic mass is 16.5. The van der Waals surface area contributed by atoms with E-state index in [9.17, 15) is 9.59 Å². The molecular weight excluding hydrogens is 258 g/mol. The molecule has 0 spiro atoms. The van der Waals surface area contributed by atoms with Crippen LogP contribution in [0.2, 0.25) is 0 Å². The maximum absolute atomic E-state index is 11.7. The van der Waals surface area contributed by atoms with Crippen molar-refractivity contribution in [1.29, 1.82) is 0 Å². The summed E-state index contributed by atoms with van der Waals surface area (Å²) in [6.07, 6.45) is 1.34. The van der Waals surface area contributed by atoms with E-state index in [1.807, 2.05) is 30.3 Å². The van der Waals surface area contributed by atoms with Crippen molar-refractivity contribution in [2.75, 3.05) is 19.8 Å². The molecule has 0 aliphatic heterocycles. The zero-order valence-corrected chi connectivity index (χ0v) is 11.4. The number of nitrogens with one attached hydrogen (secondary N) is 1. The van der Waals surface area contributed by atoms with Gasteiger partial charge in [0.05, 0.1) is 12.6 Å². The van der Waals surface area contributed by atoms with E-state index in [1.165, 1.54) is 0 Å². The largest absolute Gasteiger partial charge is 0.370 e. The molecule has 1 aromatic carbocycles. The fraction of sp³-hybridized carbons (Fsp3) is 0.429. The topological polar surface area (TPSA) is 107 Å². The summed E-state index contributed by atoms with van der Waals surface area (Å²) in [5, 5.41) is 2.65. The van der Waals surface area contributed by atoms with Crippen LogP contribution in [0, 0.1) is 0 Å². The number of amides is 2. The average molecular weight is 279 g/mol. The molecule has 0 fully saturated rings. The van der Waals surface area contributed by atoms with Gasteiger partial charge in [-0.1, -0.05) is 30.3 Å². The first-order chi connectivity index (χ1) is 9.59. The van der Waals surface area contributed by atoms with Crippen molar-refractivity contribution in [2.45, 2.75) is 18.9 Å². The van der Waals surface area contributed by atoms with Gasteiger partial charge in [0.15, 0.2) is 0 Å². The second-order valence-electron chi connectivity index (χ2n) is 4.44. The number of ether oxygens (including phenoxy) is 1. The van der Waals surface area contributed by atoms with Crippen LogP contribution in [0.25, 0.3) is 0 Å². The number of carbonyl (C=O) groups is 2. The summed E-state index contributed by atoms with van der Waals surface area (Å²) >= 11 is 0. The molecule has 6 nitrogen and oxygen atoms in total. The lowest BCUT2D eigenvalue weighted by Crippen LogP contribution is -2.42. The molecule has 1 aromatic rings. The number of rotatable bonds is 9. The van der Waals surface area contributed by atoms with Gasteiger partial charge in [-0.15, -0.1) is 0 Å². The summed E-state index contributed by atoms with van der Waals surface area (Å²) in [7, 11) is 0. The van der Waals surface area contributed by atoms with E-state index in [1.54, 1.807) is 0 Å². The van der Waals surface area contributed by atoms with E-state index in [2.05, 4.69) is 5.32 Å². The smallest absolute Gasteiger partial charge is 0.243 e. The summed E-state index contributed by atoms with van der Waals surface area (Å²) in [4.78, 5) is 22.1. The van der Waals surface area contributed by atoms with Crippen LogP contribution in [-0.2, 0) is 20.7 Å². The lowest BCUT2D eigenvalue weighted by molar-refractivity contribution is -0.123. The van der Waals surface area contributed by atoms with Gasteiger partial charge in [-0.2, -0.15) is 0 Å². The van der Waals surface area contributed by atoms with Crippen LogP contribution in [0.15, 0.2) is 30.3 Å². The third kappa shape index (κ3) is 6.86. The van der Waals surface area contributed by atoms with Gasteiger partial charge >= 0.3 is 0 Å². The number of hydrogen-bond acceptors (Lipinski definition) is 4. The summed E-state index contributed by atoms with van der Waals surface area (Å²) in [5.41, 5.74) is 11.9. The van der Waals surface area contributed by atoms with Crippen molar-refractivity contribution in [2.24, 2.45) is 11.5 Å². The molecule has 0 aliphatic rings. The van der Waals surface area contributed by atoms with E-state index >= 15 is 0 Å². The van der Waals surface area contributed by atoms with Crippen LogP contribution in [0.1, 0.15) is 12.0 Å². The molecule has 0 unspecified atom stereocenters. The lowest BCUT2D eigenvalue weighted by Gasteiger charge is -2.12. The fourth-order valence-electron chi connectivity index (χ4n) is 1.65. The Kier molecular flexibility index (Phi) is 7.31. The van der Waals surface area contributed by atoms with E-state index in [4.69, 9.17) is 16.2 Å². The van der Waals surface area contributed by atoms with Gasteiger partial charge in [-0.25, -0.2) is 0 Å². The molecule has 0 heterocycles. The maximum Gasteiger partial charge on any atom is 0.243 e. The van der Waals surface area contributed by atoms with Crippen LogP contribution in [-0.4, -0.2) is 37.6 Å². The Morgan fingerprint density at radius 1 is 1.25 bits per heavy atom. The highest BCUT2D eigenvalue weighted by Crippen LogP contribution is 2.03. The van der Waals surface area contributed by atoms with Gasteiger partial charge in [0.25, 0.3) is 0 Å². The maximum atomic E-state index is 11.7. The molecule has 0 aliphatic carbocycles. The zero-order chi connectivity index (χ0) is 14.8. The summed E-state index contributed by atoms with van der Waals surface area (Å²) in [6.45, 7) is 0.404. The second kappa shape index (κ2) is 9.06. The van der Waals surface area contributed by atoms with E-state index in [-0.39, 0.29) is 19.1 Å². The molecule has 6 heteroatoms. The summed E-state index contributed by atoms with van der Waals surface area (Å²) in [6, 6.07) is 9.31. The highest BCUT2D eigenvalue weighted by molar-refractivity contribution is 5.81. The minimum atomic E-state index is -0.550. The number of benzene rings is 1. The average Bonchev–Trinajstić information content (AvgIpc) is 2.45. The number of carbonyl (C=O) groups excluding carboxylic acids is 2. The van der Waals surface area contributed by atoms with Crippen LogP contribution in [0.4, 0.5) is 0 Å². The first-order valence-electron chi connectivity index (χ1n) is 6.53. The molecule has 0 bridgehead atoms. The highest BCUT2D eigenvalue weighted by Gasteiger charge is 2.12. The zero-order valence-electron chi connectivity index (χ0n) is 11.4. The molecule has 20 heavy (non-hydrogen) atoms. The molecular formula is C14H21N3O3. The van der Waals surface area contributed by atoms with Crippen molar-refractivity contribution in [3.63, 3.8) is 0 Å². The Hall–Kier alpha value is -1.92. The Labute approximate surface area is 118 Å². The van der Waals surface area contributed by atoms with Crippen LogP contribution >= 0.6 is 0 Å². The molecule has 1 rings (SSSR count). The predicted molar refractivity (Wildman–Crippen MR) is 75.8 cm³/mol. The predicted octanol–water partition coefficient (Wildman–Crippen LogP) is -0.435. The van der Waals surface area contributed by atoms with Crippen LogP contribution in [0.5, 0.6) is 0 Å². The van der Waals surface area contributed by atoms with Crippen LogP contribution < -0.4 is 16.8 Å². The second-order valence-corrected chi connectivity index (χ2v) is 4.44. The first-order valence-corrected chi connectivity index (χ1v) is 6.53. The minimum Gasteiger partial charge on any atom is -0.370 e. The van der Waals surface area contributed by atoms with E-state index in [0.717, 1.165) is 12.0 Å². The minimum absolute atomic E-state index is 0.143. The van der Waals surface area contributed by atoms with Gasteiger partial charge in [0.2, 0.25) is 11.8 Å². The van der Waals surface area contributed by atoms with Crippen LogP contribution in [0.3, 0.4) is 0 Å². The van der Waals surface area contributed by atoms with Gasteiger partial charge in [0, 0.05) is 6.54 Å². The Morgan fingerprint density at radius 2 is 1.95 bits per heavy atom. The van der Waals surface area contributed by atoms with E-state index in [0.29, 0.717) is 13.0 Å². The molecule has 110 valence electrons. The number of primary amides is 1. The van der Waals surface area contributed by atoms with Gasteiger partial charge in [-0.3, -0.25) is 9.59 Å². The third-order valence-electron chi connectivity index (χ3n) is 2.71. The van der Waals surface area contributed by atoms with Gasteiger partial charge in [-0.05, 0) is 18.4 Å². The van der Waals surface area contributed by atoms with Crippen molar-refractivity contribution in [1.82, 2.24) is 5.32 Å². The van der Waals surface area contributed by atoms with Crippen molar-refractivity contribution < 1.29 is 14.3 Å². The number of nitrogens with two attached hydrogens (primary N) is 2. The fourth-order valence-corrected chi connectivity index (χ4v) is 1.65. The number of hydrogen-bond donors (Lipinski definition) is 3. The molecule has 0 radical (unpaired) electrons. The molecule has 0 saturated carbocycles. The van der Waals surface area contributed by atoms with Crippen molar-refractivity contribution in [3.8, 4) is 0 Å². The van der Waals surface area contributed by atoms with Gasteiger partial charge in [0.1, 0.15) is 6.61 Å². The standard InChI is InChI=1S/C14H21N3O3/c15-12(7-6-11-4-2-1-3-5-11)14(19)17-8-9-20-10-13(16)18/h1-5,12H,6-10,15H2,(H2,16,18)(H,17,19)/t12-/m0/s1.